The number of phenols is 1. The molecule has 0 fully saturated rings. The van der Waals surface area contributed by atoms with Crippen LogP contribution in [0.1, 0.15) is 53.1 Å². The Morgan fingerprint density at radius 3 is 2.55 bits per heavy atom. The molecule has 1 aliphatic carbocycles. The van der Waals surface area contributed by atoms with Gasteiger partial charge in [0.2, 0.25) is 0 Å². The van der Waals surface area contributed by atoms with E-state index >= 15 is 0 Å². The van der Waals surface area contributed by atoms with E-state index in [2.05, 4.69) is 39.7 Å². The van der Waals surface area contributed by atoms with Crippen molar-refractivity contribution in [1.29, 1.82) is 0 Å². The molecule has 31 heavy (non-hydrogen) atoms. The second kappa shape index (κ2) is 7.45. The fraction of sp³-hybridized carbons (Fsp3) is 0.360. The Kier molecular flexibility index (Phi) is 4.73. The first-order valence-corrected chi connectivity index (χ1v) is 10.8. The van der Waals surface area contributed by atoms with Gasteiger partial charge >= 0.3 is 5.63 Å². The molecule has 0 unspecified atom stereocenters. The summed E-state index contributed by atoms with van der Waals surface area (Å²) >= 11 is 0. The minimum Gasteiger partial charge on any atom is -0.506 e. The molecule has 3 aromatic rings. The van der Waals surface area contributed by atoms with Crippen molar-refractivity contribution < 1.29 is 9.52 Å². The Balaban J connectivity index is 1.53. The number of nitrogens with zero attached hydrogens (tertiary/aromatic N) is 2. The molecule has 2 aliphatic rings. The van der Waals surface area contributed by atoms with E-state index in [1.54, 1.807) is 0 Å². The SMILES string of the molecule is Cc1cc2oc(=O)c3c(c2c(O)c1C1=NN[C@@H](c2ccc(N(C)C)cc2)C1)CCCC3. The third-order valence-corrected chi connectivity index (χ3v) is 6.53. The van der Waals surface area contributed by atoms with Crippen LogP contribution in [0.4, 0.5) is 5.69 Å². The number of rotatable bonds is 3. The van der Waals surface area contributed by atoms with Gasteiger partial charge in [-0.15, -0.1) is 0 Å². The number of anilines is 1. The lowest BCUT2D eigenvalue weighted by Crippen LogP contribution is -2.16. The lowest BCUT2D eigenvalue weighted by molar-refractivity contribution is 0.474. The van der Waals surface area contributed by atoms with Gasteiger partial charge in [0.05, 0.1) is 17.1 Å². The van der Waals surface area contributed by atoms with Crippen LogP contribution in [0.2, 0.25) is 0 Å². The van der Waals surface area contributed by atoms with Crippen LogP contribution in [-0.2, 0) is 12.8 Å². The van der Waals surface area contributed by atoms with E-state index in [4.69, 9.17) is 4.42 Å². The van der Waals surface area contributed by atoms with Crippen molar-refractivity contribution in [3.05, 3.63) is 68.6 Å². The molecule has 0 spiro atoms. The first-order valence-electron chi connectivity index (χ1n) is 10.8. The van der Waals surface area contributed by atoms with Crippen LogP contribution < -0.4 is 16.0 Å². The molecule has 2 aromatic carbocycles. The third-order valence-electron chi connectivity index (χ3n) is 6.53. The predicted octanol–water partition coefficient (Wildman–Crippen LogP) is 4.19. The second-order valence-corrected chi connectivity index (χ2v) is 8.77. The number of benzene rings is 2. The molecule has 5 rings (SSSR count). The summed E-state index contributed by atoms with van der Waals surface area (Å²) in [6.07, 6.45) is 4.18. The Hall–Kier alpha value is -3.28. The van der Waals surface area contributed by atoms with Crippen molar-refractivity contribution in [2.45, 2.75) is 45.1 Å². The van der Waals surface area contributed by atoms with E-state index in [0.29, 0.717) is 29.4 Å². The van der Waals surface area contributed by atoms with Gasteiger partial charge in [0.1, 0.15) is 11.3 Å². The zero-order valence-electron chi connectivity index (χ0n) is 18.2. The molecule has 0 bridgehead atoms. The van der Waals surface area contributed by atoms with E-state index in [1.807, 2.05) is 27.1 Å². The average Bonchev–Trinajstić information content (AvgIpc) is 3.23. The van der Waals surface area contributed by atoms with Gasteiger partial charge < -0.3 is 19.8 Å². The summed E-state index contributed by atoms with van der Waals surface area (Å²) in [7, 11) is 4.05. The smallest absolute Gasteiger partial charge is 0.339 e. The van der Waals surface area contributed by atoms with Gasteiger partial charge in [0, 0.05) is 37.3 Å². The number of fused-ring (bicyclic) bond motifs is 3. The molecule has 160 valence electrons. The maximum absolute atomic E-state index is 12.4. The molecule has 0 radical (unpaired) electrons. The van der Waals surface area contributed by atoms with Crippen LogP contribution in [0.25, 0.3) is 11.0 Å². The first-order chi connectivity index (χ1) is 14.9. The quantitative estimate of drug-likeness (QED) is 0.625. The van der Waals surface area contributed by atoms with Crippen molar-refractivity contribution in [1.82, 2.24) is 5.43 Å². The van der Waals surface area contributed by atoms with Gasteiger partial charge in [-0.05, 0) is 67.5 Å². The molecular weight excluding hydrogens is 390 g/mol. The van der Waals surface area contributed by atoms with E-state index in [9.17, 15) is 9.90 Å². The Labute approximate surface area is 181 Å². The van der Waals surface area contributed by atoms with Crippen LogP contribution in [0.3, 0.4) is 0 Å². The summed E-state index contributed by atoms with van der Waals surface area (Å²) in [5.41, 5.74) is 9.83. The normalized spacial score (nSPS) is 17.9. The maximum Gasteiger partial charge on any atom is 0.339 e. The highest BCUT2D eigenvalue weighted by Crippen LogP contribution is 2.39. The fourth-order valence-corrected chi connectivity index (χ4v) is 4.87. The highest BCUT2D eigenvalue weighted by atomic mass is 16.4. The summed E-state index contributed by atoms with van der Waals surface area (Å²) in [4.78, 5) is 14.5. The van der Waals surface area contributed by atoms with Crippen LogP contribution in [0.15, 0.2) is 44.6 Å². The lowest BCUT2D eigenvalue weighted by atomic mass is 9.87. The Morgan fingerprint density at radius 1 is 1.13 bits per heavy atom. The number of hydrogen-bond donors (Lipinski definition) is 2. The van der Waals surface area contributed by atoms with Crippen molar-refractivity contribution in [3.63, 3.8) is 0 Å². The van der Waals surface area contributed by atoms with E-state index in [1.165, 1.54) is 0 Å². The number of nitrogens with one attached hydrogen (secondary N) is 1. The molecule has 0 saturated carbocycles. The maximum atomic E-state index is 12.4. The second-order valence-electron chi connectivity index (χ2n) is 8.77. The molecule has 1 aliphatic heterocycles. The van der Waals surface area contributed by atoms with Gasteiger partial charge in [-0.2, -0.15) is 5.10 Å². The molecule has 1 atom stereocenters. The average molecular weight is 418 g/mol. The van der Waals surface area contributed by atoms with Crippen LogP contribution in [0, 0.1) is 6.92 Å². The molecule has 0 saturated heterocycles. The van der Waals surface area contributed by atoms with Crippen LogP contribution in [0.5, 0.6) is 5.75 Å². The first kappa shape index (κ1) is 19.7. The molecule has 6 nitrogen and oxygen atoms in total. The highest BCUT2D eigenvalue weighted by Gasteiger charge is 2.28. The molecule has 6 heteroatoms. The van der Waals surface area contributed by atoms with E-state index in [0.717, 1.165) is 52.9 Å². The van der Waals surface area contributed by atoms with Gasteiger partial charge in [0.15, 0.2) is 0 Å². The van der Waals surface area contributed by atoms with E-state index in [-0.39, 0.29) is 17.4 Å². The van der Waals surface area contributed by atoms with Crippen LogP contribution >= 0.6 is 0 Å². The summed E-state index contributed by atoms with van der Waals surface area (Å²) in [5.74, 6) is 0.182. The van der Waals surface area contributed by atoms with Crippen molar-refractivity contribution in [2.24, 2.45) is 5.10 Å². The third kappa shape index (κ3) is 3.26. The standard InChI is InChI=1S/C25H27N3O3/c1-14-12-21-23(17-6-4-5-7-18(17)25(30)31-21)24(29)22(14)20-13-19(26-27-20)15-8-10-16(11-9-15)28(2)3/h8-12,19,26,29H,4-7,13H2,1-3H3/t19-/m1/s1. The minimum atomic E-state index is -0.269. The Bertz CT molecular complexity index is 1260. The molecule has 1 aromatic heterocycles. The topological polar surface area (TPSA) is 78.1 Å². The summed E-state index contributed by atoms with van der Waals surface area (Å²) in [6.45, 7) is 1.93. The summed E-state index contributed by atoms with van der Waals surface area (Å²) in [6, 6.07) is 10.4. The summed E-state index contributed by atoms with van der Waals surface area (Å²) in [5, 5.41) is 16.6. The van der Waals surface area contributed by atoms with Gasteiger partial charge in [-0.3, -0.25) is 0 Å². The van der Waals surface area contributed by atoms with Crippen molar-refractivity contribution in [2.75, 3.05) is 19.0 Å². The number of phenolic OH excluding ortho intramolecular Hbond substituents is 1. The minimum absolute atomic E-state index is 0.0586. The van der Waals surface area contributed by atoms with Gasteiger partial charge in [0.25, 0.3) is 0 Å². The number of aryl methyl sites for hydroxylation is 2. The monoisotopic (exact) mass is 417 g/mol. The van der Waals surface area contributed by atoms with Crippen molar-refractivity contribution in [3.8, 4) is 5.75 Å². The fourth-order valence-electron chi connectivity index (χ4n) is 4.87. The predicted molar refractivity (Wildman–Crippen MR) is 123 cm³/mol. The van der Waals surface area contributed by atoms with Gasteiger partial charge in [-0.25, -0.2) is 4.79 Å². The number of hydrazone groups is 1. The van der Waals surface area contributed by atoms with Gasteiger partial charge in [-0.1, -0.05) is 12.1 Å². The number of aromatic hydroxyl groups is 1. The van der Waals surface area contributed by atoms with Crippen molar-refractivity contribution >= 4 is 22.4 Å². The van der Waals surface area contributed by atoms with E-state index < -0.39 is 0 Å². The zero-order valence-corrected chi connectivity index (χ0v) is 18.2. The molecule has 2 N–H and O–H groups in total. The zero-order chi connectivity index (χ0) is 21.7. The molecule has 2 heterocycles. The Morgan fingerprint density at radius 2 is 1.84 bits per heavy atom. The summed E-state index contributed by atoms with van der Waals surface area (Å²) < 4.78 is 5.59. The largest absolute Gasteiger partial charge is 0.506 e. The highest BCUT2D eigenvalue weighted by molar-refractivity contribution is 6.09. The molecule has 0 amide bonds. The number of hydrogen-bond acceptors (Lipinski definition) is 6. The van der Waals surface area contributed by atoms with Crippen LogP contribution in [-0.4, -0.2) is 24.9 Å². The molecular formula is C25H27N3O3. The lowest BCUT2D eigenvalue weighted by Gasteiger charge is -2.19.